The molecule has 0 saturated heterocycles. The van der Waals surface area contributed by atoms with Gasteiger partial charge in [0.05, 0.1) is 4.92 Å². The van der Waals surface area contributed by atoms with Crippen LogP contribution in [0.25, 0.3) is 0 Å². The van der Waals surface area contributed by atoms with Gasteiger partial charge in [-0.3, -0.25) is 10.1 Å². The number of non-ortho nitro benzene ring substituents is 1. The minimum atomic E-state index is -0.472. The van der Waals surface area contributed by atoms with E-state index in [9.17, 15) is 14.5 Å². The van der Waals surface area contributed by atoms with E-state index in [1.54, 1.807) is 31.2 Å². The highest BCUT2D eigenvalue weighted by Crippen LogP contribution is 2.22. The van der Waals surface area contributed by atoms with Crippen LogP contribution in [0.2, 0.25) is 0 Å². The highest BCUT2D eigenvalue weighted by atomic mass is 19.1. The lowest BCUT2D eigenvalue weighted by Gasteiger charge is -2.10. The summed E-state index contributed by atoms with van der Waals surface area (Å²) in [5.41, 5.74) is 6.68. The molecule has 2 aromatic rings. The number of nitro benzene ring substituents is 1. The first kappa shape index (κ1) is 14.9. The van der Waals surface area contributed by atoms with Crippen LogP contribution < -0.4 is 10.5 Å². The molecule has 0 fully saturated rings. The van der Waals surface area contributed by atoms with Crippen molar-refractivity contribution in [1.82, 2.24) is 0 Å². The van der Waals surface area contributed by atoms with Crippen LogP contribution in [-0.4, -0.2) is 4.92 Å². The van der Waals surface area contributed by atoms with Crippen molar-refractivity contribution in [3.63, 3.8) is 0 Å². The molecule has 5 nitrogen and oxygen atoms in total. The molecule has 0 unspecified atom stereocenters. The number of hydrogen-bond acceptors (Lipinski definition) is 4. The summed E-state index contributed by atoms with van der Waals surface area (Å²) in [5, 5.41) is 10.7. The number of nitro groups is 1. The first-order valence-corrected chi connectivity index (χ1v) is 6.38. The quantitative estimate of drug-likeness (QED) is 0.676. The minimum absolute atomic E-state index is 0.00501. The van der Waals surface area contributed by atoms with Gasteiger partial charge in [-0.15, -0.1) is 0 Å². The summed E-state index contributed by atoms with van der Waals surface area (Å²) in [6, 6.07) is 10.2. The van der Waals surface area contributed by atoms with Crippen LogP contribution in [0, 0.1) is 15.9 Å². The summed E-state index contributed by atoms with van der Waals surface area (Å²) in [7, 11) is 0. The van der Waals surface area contributed by atoms with E-state index in [-0.39, 0.29) is 12.3 Å². The molecule has 21 heavy (non-hydrogen) atoms. The Morgan fingerprint density at radius 3 is 2.71 bits per heavy atom. The van der Waals surface area contributed by atoms with E-state index in [2.05, 4.69) is 0 Å². The zero-order valence-corrected chi connectivity index (χ0v) is 11.5. The molecule has 0 spiro atoms. The third kappa shape index (κ3) is 3.76. The Balaban J connectivity index is 2.08. The van der Waals surface area contributed by atoms with Gasteiger partial charge in [0.25, 0.3) is 5.69 Å². The van der Waals surface area contributed by atoms with Gasteiger partial charge in [0.15, 0.2) is 0 Å². The number of nitrogens with zero attached hydrogens (tertiary/aromatic N) is 1. The Morgan fingerprint density at radius 2 is 2.10 bits per heavy atom. The Labute approximate surface area is 121 Å². The van der Waals surface area contributed by atoms with Crippen LogP contribution in [0.3, 0.4) is 0 Å². The fraction of sp³-hybridized carbons (Fsp3) is 0.200. The van der Waals surface area contributed by atoms with Gasteiger partial charge in [0.2, 0.25) is 0 Å². The van der Waals surface area contributed by atoms with Crippen molar-refractivity contribution in [2.45, 2.75) is 19.6 Å². The molecule has 2 aromatic carbocycles. The molecule has 0 aliphatic carbocycles. The Bertz CT molecular complexity index is 659. The van der Waals surface area contributed by atoms with Crippen molar-refractivity contribution < 1.29 is 14.1 Å². The van der Waals surface area contributed by atoms with Crippen molar-refractivity contribution in [2.75, 3.05) is 0 Å². The summed E-state index contributed by atoms with van der Waals surface area (Å²) >= 11 is 0. The van der Waals surface area contributed by atoms with Crippen molar-refractivity contribution in [1.29, 1.82) is 0 Å². The van der Waals surface area contributed by atoms with Gasteiger partial charge in [0, 0.05) is 29.8 Å². The Morgan fingerprint density at radius 1 is 1.33 bits per heavy atom. The maximum atomic E-state index is 13.7. The van der Waals surface area contributed by atoms with Crippen molar-refractivity contribution in [3.05, 3.63) is 69.5 Å². The molecule has 0 heterocycles. The molecular formula is C15H15FN2O3. The lowest BCUT2D eigenvalue weighted by molar-refractivity contribution is -0.384. The average Bonchev–Trinajstić information content (AvgIpc) is 2.45. The molecule has 0 aliphatic heterocycles. The van der Waals surface area contributed by atoms with Crippen molar-refractivity contribution in [2.24, 2.45) is 5.73 Å². The highest BCUT2D eigenvalue weighted by Gasteiger charge is 2.09. The lowest BCUT2D eigenvalue weighted by Crippen LogP contribution is -2.07. The molecule has 0 saturated carbocycles. The van der Waals surface area contributed by atoms with Crippen LogP contribution in [0.5, 0.6) is 5.75 Å². The summed E-state index contributed by atoms with van der Waals surface area (Å²) in [4.78, 5) is 10.2. The number of hydrogen-bond donors (Lipinski definition) is 1. The van der Waals surface area contributed by atoms with Crippen LogP contribution in [-0.2, 0) is 6.61 Å². The fourth-order valence-electron chi connectivity index (χ4n) is 1.89. The van der Waals surface area contributed by atoms with Gasteiger partial charge >= 0.3 is 0 Å². The van der Waals surface area contributed by atoms with E-state index in [1.807, 2.05) is 0 Å². The maximum Gasteiger partial charge on any atom is 0.269 e. The monoisotopic (exact) mass is 290 g/mol. The second-order valence-corrected chi connectivity index (χ2v) is 4.69. The van der Waals surface area contributed by atoms with Gasteiger partial charge in [-0.1, -0.05) is 18.2 Å². The SMILES string of the molecule is C[C@@H](N)c1ccc(OCc2cccc([N+](=O)[O-])c2)cc1F. The standard InChI is InChI=1S/C15H15FN2O3/c1-10(17)14-6-5-13(8-15(14)16)21-9-11-3-2-4-12(7-11)18(19)20/h2-8,10H,9,17H2,1H3/t10-/m1/s1. The van der Waals surface area contributed by atoms with E-state index in [1.165, 1.54) is 18.2 Å². The van der Waals surface area contributed by atoms with E-state index in [0.29, 0.717) is 16.9 Å². The zero-order valence-electron chi connectivity index (χ0n) is 11.5. The van der Waals surface area contributed by atoms with Gasteiger partial charge < -0.3 is 10.5 Å². The van der Waals surface area contributed by atoms with Crippen LogP contribution in [0.15, 0.2) is 42.5 Å². The van der Waals surface area contributed by atoms with Crippen molar-refractivity contribution >= 4 is 5.69 Å². The highest BCUT2D eigenvalue weighted by molar-refractivity contribution is 5.35. The average molecular weight is 290 g/mol. The Kier molecular flexibility index (Phi) is 4.49. The smallest absolute Gasteiger partial charge is 0.269 e. The zero-order chi connectivity index (χ0) is 15.4. The topological polar surface area (TPSA) is 78.4 Å². The maximum absolute atomic E-state index is 13.7. The van der Waals surface area contributed by atoms with E-state index in [4.69, 9.17) is 10.5 Å². The second kappa shape index (κ2) is 6.32. The predicted molar refractivity (Wildman–Crippen MR) is 76.4 cm³/mol. The largest absolute Gasteiger partial charge is 0.489 e. The molecule has 0 aromatic heterocycles. The third-order valence-electron chi connectivity index (χ3n) is 2.99. The van der Waals surface area contributed by atoms with Gasteiger partial charge in [0.1, 0.15) is 18.2 Å². The normalized spacial score (nSPS) is 12.0. The molecule has 0 amide bonds. The second-order valence-electron chi connectivity index (χ2n) is 4.69. The first-order chi connectivity index (χ1) is 9.97. The number of rotatable bonds is 5. The number of nitrogens with two attached hydrogens (primary N) is 1. The summed E-state index contributed by atoms with van der Waals surface area (Å²) in [5.74, 6) is -0.0788. The van der Waals surface area contributed by atoms with Crippen LogP contribution in [0.1, 0.15) is 24.1 Å². The molecule has 2 N–H and O–H groups in total. The molecular weight excluding hydrogens is 275 g/mol. The minimum Gasteiger partial charge on any atom is -0.489 e. The lowest BCUT2D eigenvalue weighted by atomic mass is 10.1. The number of halogens is 1. The first-order valence-electron chi connectivity index (χ1n) is 6.38. The van der Waals surface area contributed by atoms with Crippen molar-refractivity contribution in [3.8, 4) is 5.75 Å². The molecule has 0 aliphatic rings. The van der Waals surface area contributed by atoms with Crippen LogP contribution in [0.4, 0.5) is 10.1 Å². The van der Waals surface area contributed by atoms with Gasteiger partial charge in [-0.25, -0.2) is 4.39 Å². The number of benzene rings is 2. The van der Waals surface area contributed by atoms with E-state index < -0.39 is 16.8 Å². The Hall–Kier alpha value is -2.47. The molecule has 6 heteroatoms. The summed E-state index contributed by atoms with van der Waals surface area (Å²) < 4.78 is 19.2. The molecule has 2 rings (SSSR count). The fourth-order valence-corrected chi connectivity index (χ4v) is 1.89. The van der Waals surface area contributed by atoms with Gasteiger partial charge in [-0.2, -0.15) is 0 Å². The van der Waals surface area contributed by atoms with E-state index in [0.717, 1.165) is 0 Å². The molecule has 0 radical (unpaired) electrons. The third-order valence-corrected chi connectivity index (χ3v) is 2.99. The molecule has 0 bridgehead atoms. The number of ether oxygens (including phenoxy) is 1. The molecule has 110 valence electrons. The summed E-state index contributed by atoms with van der Waals surface area (Å²) in [6.07, 6.45) is 0. The summed E-state index contributed by atoms with van der Waals surface area (Å²) in [6.45, 7) is 1.82. The predicted octanol–water partition coefficient (Wildman–Crippen LogP) is 3.33. The van der Waals surface area contributed by atoms with E-state index >= 15 is 0 Å². The van der Waals surface area contributed by atoms with Crippen LogP contribution >= 0.6 is 0 Å². The van der Waals surface area contributed by atoms with Gasteiger partial charge in [-0.05, 0) is 18.6 Å². The molecule has 1 atom stereocenters.